The van der Waals surface area contributed by atoms with Crippen LogP contribution in [0, 0.1) is 11.5 Å². The molecule has 0 radical (unpaired) electrons. The maximum absolute atomic E-state index is 10.6. The highest BCUT2D eigenvalue weighted by Crippen LogP contribution is 2.38. The number of hydrogen-bond acceptors (Lipinski definition) is 5. The molecular weight excluding hydrogens is 374 g/mol. The normalized spacial score (nSPS) is 18.8. The standard InChI is InChI=1S/C24H27N5O/c25-17-29-22-6-2-1-5-20(22)23(24(29)30)21-8-7-18(15-26-21)16-27-13-9-19(10-14-27)28-11-3-4-12-28/h1-2,5-8,15,19,30H,3-4,9-14,16H2. The van der Waals surface area contributed by atoms with Gasteiger partial charge in [0, 0.05) is 24.2 Å². The highest BCUT2D eigenvalue weighted by Gasteiger charge is 2.26. The largest absolute Gasteiger partial charge is 0.493 e. The zero-order chi connectivity index (χ0) is 20.5. The van der Waals surface area contributed by atoms with E-state index in [4.69, 9.17) is 0 Å². The molecule has 154 valence electrons. The van der Waals surface area contributed by atoms with Gasteiger partial charge in [0.05, 0.1) is 16.8 Å². The molecular formula is C24H27N5O. The highest BCUT2D eigenvalue weighted by molar-refractivity contribution is 5.99. The number of aromatic nitrogens is 2. The number of pyridine rings is 1. The minimum absolute atomic E-state index is 0.0528. The molecule has 2 saturated heterocycles. The first-order valence-corrected chi connectivity index (χ1v) is 10.9. The summed E-state index contributed by atoms with van der Waals surface area (Å²) < 4.78 is 1.25. The van der Waals surface area contributed by atoms with Crippen molar-refractivity contribution in [3.05, 3.63) is 48.2 Å². The SMILES string of the molecule is N#Cn1c(O)c(-c2ccc(CN3CCC(N4CCCC4)CC3)cn2)c2ccccc21. The van der Waals surface area contributed by atoms with Gasteiger partial charge >= 0.3 is 0 Å². The summed E-state index contributed by atoms with van der Waals surface area (Å²) in [5.41, 5.74) is 3.18. The van der Waals surface area contributed by atoms with Gasteiger partial charge in [0.15, 0.2) is 6.19 Å². The van der Waals surface area contributed by atoms with Gasteiger partial charge in [-0.3, -0.25) is 9.88 Å². The quantitative estimate of drug-likeness (QED) is 0.720. The molecule has 0 atom stereocenters. The summed E-state index contributed by atoms with van der Waals surface area (Å²) in [4.78, 5) is 9.83. The molecule has 4 heterocycles. The van der Waals surface area contributed by atoms with E-state index in [2.05, 4.69) is 20.9 Å². The number of fused-ring (bicyclic) bond motifs is 1. The van der Waals surface area contributed by atoms with Gasteiger partial charge in [0.2, 0.25) is 5.88 Å². The molecule has 6 nitrogen and oxygen atoms in total. The van der Waals surface area contributed by atoms with Crippen molar-refractivity contribution in [1.82, 2.24) is 19.4 Å². The van der Waals surface area contributed by atoms with Gasteiger partial charge in [-0.1, -0.05) is 24.3 Å². The van der Waals surface area contributed by atoms with Crippen molar-refractivity contribution in [2.45, 2.75) is 38.3 Å². The molecule has 2 aliphatic rings. The number of aromatic hydroxyl groups is 1. The molecule has 2 aliphatic heterocycles. The van der Waals surface area contributed by atoms with E-state index in [1.165, 1.54) is 48.9 Å². The second-order valence-corrected chi connectivity index (χ2v) is 8.45. The monoisotopic (exact) mass is 401 g/mol. The molecule has 6 heteroatoms. The highest BCUT2D eigenvalue weighted by atomic mass is 16.3. The van der Waals surface area contributed by atoms with E-state index in [9.17, 15) is 10.4 Å². The van der Waals surface area contributed by atoms with E-state index in [0.29, 0.717) is 16.8 Å². The third-order valence-corrected chi connectivity index (χ3v) is 6.65. The molecule has 0 spiro atoms. The van der Waals surface area contributed by atoms with Gasteiger partial charge < -0.3 is 10.0 Å². The third-order valence-electron chi connectivity index (χ3n) is 6.65. The Labute approximate surface area is 177 Å². The molecule has 30 heavy (non-hydrogen) atoms. The lowest BCUT2D eigenvalue weighted by Gasteiger charge is -2.36. The Morgan fingerprint density at radius 2 is 1.80 bits per heavy atom. The maximum Gasteiger partial charge on any atom is 0.215 e. The number of hydrogen-bond donors (Lipinski definition) is 1. The number of piperidine rings is 1. The van der Waals surface area contributed by atoms with Crippen LogP contribution in [0.2, 0.25) is 0 Å². The van der Waals surface area contributed by atoms with Gasteiger partial charge in [-0.05, 0) is 69.6 Å². The van der Waals surface area contributed by atoms with Crippen molar-refractivity contribution >= 4 is 10.9 Å². The third kappa shape index (κ3) is 3.45. The predicted octanol–water partition coefficient (Wildman–Crippen LogP) is 3.80. The molecule has 0 saturated carbocycles. The molecule has 0 aliphatic carbocycles. The van der Waals surface area contributed by atoms with Crippen LogP contribution in [0.4, 0.5) is 0 Å². The van der Waals surface area contributed by atoms with E-state index >= 15 is 0 Å². The molecule has 0 amide bonds. The smallest absolute Gasteiger partial charge is 0.215 e. The molecule has 2 aromatic heterocycles. The first kappa shape index (κ1) is 19.1. The minimum Gasteiger partial charge on any atom is -0.493 e. The molecule has 3 aromatic rings. The van der Waals surface area contributed by atoms with Crippen LogP contribution in [-0.2, 0) is 6.54 Å². The van der Waals surface area contributed by atoms with Crippen LogP contribution in [0.5, 0.6) is 5.88 Å². The first-order chi connectivity index (χ1) is 14.7. The fraction of sp³-hybridized carbons (Fsp3) is 0.417. The van der Waals surface area contributed by atoms with Crippen molar-refractivity contribution in [2.24, 2.45) is 0 Å². The molecule has 1 aromatic carbocycles. The minimum atomic E-state index is -0.0528. The van der Waals surface area contributed by atoms with Gasteiger partial charge in [-0.15, -0.1) is 0 Å². The maximum atomic E-state index is 10.6. The Morgan fingerprint density at radius 3 is 2.50 bits per heavy atom. The number of nitrogens with zero attached hydrogens (tertiary/aromatic N) is 5. The number of rotatable bonds is 4. The molecule has 0 bridgehead atoms. The fourth-order valence-corrected chi connectivity index (χ4v) is 5.05. The molecule has 5 rings (SSSR count). The predicted molar refractivity (Wildman–Crippen MR) is 117 cm³/mol. The summed E-state index contributed by atoms with van der Waals surface area (Å²) >= 11 is 0. The van der Waals surface area contributed by atoms with Gasteiger partial charge in [0.25, 0.3) is 0 Å². The van der Waals surface area contributed by atoms with Crippen LogP contribution in [0.1, 0.15) is 31.2 Å². The zero-order valence-corrected chi connectivity index (χ0v) is 17.2. The van der Waals surface area contributed by atoms with Crippen molar-refractivity contribution < 1.29 is 5.11 Å². The number of benzene rings is 1. The topological polar surface area (TPSA) is 68.3 Å². The van der Waals surface area contributed by atoms with E-state index in [1.54, 1.807) is 0 Å². The summed E-state index contributed by atoms with van der Waals surface area (Å²) in [5, 5.41) is 20.8. The van der Waals surface area contributed by atoms with E-state index in [0.717, 1.165) is 31.1 Å². The van der Waals surface area contributed by atoms with Crippen LogP contribution < -0.4 is 0 Å². The van der Waals surface area contributed by atoms with Gasteiger partial charge in [-0.2, -0.15) is 5.26 Å². The summed E-state index contributed by atoms with van der Waals surface area (Å²) in [6.45, 7) is 5.75. The van der Waals surface area contributed by atoms with E-state index < -0.39 is 0 Å². The summed E-state index contributed by atoms with van der Waals surface area (Å²) in [6, 6.07) is 12.3. The number of likely N-dealkylation sites (tertiary alicyclic amines) is 2. The van der Waals surface area contributed by atoms with Crippen LogP contribution in [0.3, 0.4) is 0 Å². The average Bonchev–Trinajstić information content (AvgIpc) is 3.41. The Hall–Kier alpha value is -2.88. The molecule has 1 N–H and O–H groups in total. The number of nitriles is 1. The lowest BCUT2D eigenvalue weighted by atomic mass is 10.0. The lowest BCUT2D eigenvalue weighted by Crippen LogP contribution is -2.43. The Balaban J connectivity index is 1.30. The van der Waals surface area contributed by atoms with Crippen molar-refractivity contribution in [3.8, 4) is 23.3 Å². The van der Waals surface area contributed by atoms with Crippen LogP contribution in [0.15, 0.2) is 42.6 Å². The zero-order valence-electron chi connectivity index (χ0n) is 17.2. The summed E-state index contributed by atoms with van der Waals surface area (Å²) in [6.07, 6.45) is 9.19. The van der Waals surface area contributed by atoms with Crippen LogP contribution in [-0.4, -0.2) is 56.7 Å². The van der Waals surface area contributed by atoms with Gasteiger partial charge in [0.1, 0.15) is 0 Å². The van der Waals surface area contributed by atoms with Gasteiger partial charge in [-0.25, -0.2) is 4.57 Å². The van der Waals surface area contributed by atoms with Crippen molar-refractivity contribution in [3.63, 3.8) is 0 Å². The fourth-order valence-electron chi connectivity index (χ4n) is 5.05. The Bertz CT molecular complexity index is 1070. The van der Waals surface area contributed by atoms with E-state index in [-0.39, 0.29) is 5.88 Å². The average molecular weight is 402 g/mol. The Kier molecular flexibility index (Phi) is 5.16. The van der Waals surface area contributed by atoms with Crippen molar-refractivity contribution in [1.29, 1.82) is 5.26 Å². The Morgan fingerprint density at radius 1 is 1.03 bits per heavy atom. The van der Waals surface area contributed by atoms with E-state index in [1.807, 2.05) is 42.7 Å². The molecule has 2 fully saturated rings. The second kappa shape index (κ2) is 8.10. The van der Waals surface area contributed by atoms with Crippen LogP contribution >= 0.6 is 0 Å². The van der Waals surface area contributed by atoms with Crippen molar-refractivity contribution in [2.75, 3.05) is 26.2 Å². The number of para-hydroxylation sites is 1. The van der Waals surface area contributed by atoms with Crippen LogP contribution in [0.25, 0.3) is 22.2 Å². The molecule has 0 unspecified atom stereocenters. The first-order valence-electron chi connectivity index (χ1n) is 10.9. The summed E-state index contributed by atoms with van der Waals surface area (Å²) in [5.74, 6) is -0.0528. The lowest BCUT2D eigenvalue weighted by molar-refractivity contribution is 0.122. The second-order valence-electron chi connectivity index (χ2n) is 8.45. The summed E-state index contributed by atoms with van der Waals surface area (Å²) in [7, 11) is 0.